The second-order valence-electron chi connectivity index (χ2n) is 10.0. The van der Waals surface area contributed by atoms with Crippen molar-refractivity contribution in [1.82, 2.24) is 4.90 Å². The normalized spacial score (nSPS) is 14.9. The highest BCUT2D eigenvalue weighted by Gasteiger charge is 2.29. The van der Waals surface area contributed by atoms with E-state index in [0.29, 0.717) is 17.2 Å². The maximum atomic E-state index is 11.2. The lowest BCUT2D eigenvalue weighted by molar-refractivity contribution is -0.136. The highest BCUT2D eigenvalue weighted by Crippen LogP contribution is 2.44. The molecule has 36 heavy (non-hydrogen) atoms. The number of halogens is 2. The Morgan fingerprint density at radius 2 is 1.67 bits per heavy atom. The molecule has 1 unspecified atom stereocenters. The predicted octanol–water partition coefficient (Wildman–Crippen LogP) is 8.56. The fraction of sp³-hybridized carbons (Fsp3) is 0.367. The van der Waals surface area contributed by atoms with Gasteiger partial charge < -0.3 is 9.84 Å². The van der Waals surface area contributed by atoms with E-state index in [2.05, 4.69) is 101 Å². The molecular formula is C30H33Br2NO3. The van der Waals surface area contributed by atoms with Gasteiger partial charge in [-0.15, -0.1) is 0 Å². The third-order valence-electron chi connectivity index (χ3n) is 6.80. The number of benzene rings is 3. The number of rotatable bonds is 8. The first-order valence-corrected chi connectivity index (χ1v) is 14.0. The molecule has 4 nitrogen and oxygen atoms in total. The Hall–Kier alpha value is -2.15. The number of carboxylic acid groups (broad SMARTS) is 1. The number of aryl methyl sites for hydroxylation is 2. The zero-order chi connectivity index (χ0) is 26.0. The molecule has 1 aliphatic rings. The van der Waals surface area contributed by atoms with Gasteiger partial charge in [0.05, 0.1) is 21.4 Å². The standard InChI is InChI=1S/C30H33Br2NO3/c1-18(2)23-17-27(36-30-25(31)14-21(15-26(30)32)16-28(34)35)24(13-20(23)4)29(33-10-5-6-11-33)22-9-7-8-19(3)12-22/h7-9,12-15,17-18,29H,5-6,10-11,16H2,1-4H3,(H,34,35). The maximum Gasteiger partial charge on any atom is 0.307 e. The number of nitrogens with zero attached hydrogens (tertiary/aromatic N) is 1. The van der Waals surface area contributed by atoms with Gasteiger partial charge in [-0.2, -0.15) is 0 Å². The van der Waals surface area contributed by atoms with Crippen LogP contribution in [0, 0.1) is 13.8 Å². The van der Waals surface area contributed by atoms with Crippen molar-refractivity contribution in [3.8, 4) is 11.5 Å². The third-order valence-corrected chi connectivity index (χ3v) is 7.98. The Labute approximate surface area is 230 Å². The third kappa shape index (κ3) is 6.04. The van der Waals surface area contributed by atoms with Gasteiger partial charge in [0, 0.05) is 5.56 Å². The summed E-state index contributed by atoms with van der Waals surface area (Å²) in [5, 5.41) is 9.22. The molecule has 1 saturated heterocycles. The van der Waals surface area contributed by atoms with Crippen LogP contribution in [-0.2, 0) is 11.2 Å². The molecule has 3 aromatic rings. The summed E-state index contributed by atoms with van der Waals surface area (Å²) in [6.45, 7) is 10.8. The van der Waals surface area contributed by atoms with Crippen molar-refractivity contribution >= 4 is 37.8 Å². The van der Waals surface area contributed by atoms with Crippen LogP contribution in [0.4, 0.5) is 0 Å². The van der Waals surface area contributed by atoms with Crippen molar-refractivity contribution in [3.63, 3.8) is 0 Å². The van der Waals surface area contributed by atoms with Gasteiger partial charge in [0.25, 0.3) is 0 Å². The molecule has 1 aliphatic heterocycles. The topological polar surface area (TPSA) is 49.8 Å². The molecule has 0 saturated carbocycles. The van der Waals surface area contributed by atoms with E-state index in [0.717, 1.165) is 33.3 Å². The number of carboxylic acids is 1. The van der Waals surface area contributed by atoms with Crippen LogP contribution >= 0.6 is 31.9 Å². The Kier molecular flexibility index (Phi) is 8.59. The summed E-state index contributed by atoms with van der Waals surface area (Å²) in [6.07, 6.45) is 2.35. The highest BCUT2D eigenvalue weighted by atomic mass is 79.9. The lowest BCUT2D eigenvalue weighted by atomic mass is 9.89. The number of aliphatic carboxylic acids is 1. The van der Waals surface area contributed by atoms with Crippen molar-refractivity contribution in [2.45, 2.75) is 58.9 Å². The number of likely N-dealkylation sites (tertiary alicyclic amines) is 1. The van der Waals surface area contributed by atoms with Crippen molar-refractivity contribution < 1.29 is 14.6 Å². The van der Waals surface area contributed by atoms with Crippen LogP contribution in [0.3, 0.4) is 0 Å². The van der Waals surface area contributed by atoms with Crippen LogP contribution in [0.2, 0.25) is 0 Å². The van der Waals surface area contributed by atoms with E-state index in [1.807, 2.05) is 12.1 Å². The number of hydrogen-bond donors (Lipinski definition) is 1. The fourth-order valence-corrected chi connectivity index (χ4v) is 6.62. The van der Waals surface area contributed by atoms with Gasteiger partial charge in [-0.05, 0) is 118 Å². The first-order valence-electron chi connectivity index (χ1n) is 12.5. The first-order chi connectivity index (χ1) is 17.1. The van der Waals surface area contributed by atoms with Gasteiger partial charge in [-0.1, -0.05) is 49.7 Å². The van der Waals surface area contributed by atoms with Crippen LogP contribution in [0.5, 0.6) is 11.5 Å². The minimum atomic E-state index is -0.864. The minimum Gasteiger partial charge on any atom is -0.481 e. The van der Waals surface area contributed by atoms with Gasteiger partial charge in [0.15, 0.2) is 5.75 Å². The summed E-state index contributed by atoms with van der Waals surface area (Å²) in [4.78, 5) is 13.8. The smallest absolute Gasteiger partial charge is 0.307 e. The van der Waals surface area contributed by atoms with Gasteiger partial charge in [-0.3, -0.25) is 9.69 Å². The average molecular weight is 615 g/mol. The first kappa shape index (κ1) is 26.9. The van der Waals surface area contributed by atoms with Gasteiger partial charge in [0.2, 0.25) is 0 Å². The molecule has 6 heteroatoms. The summed E-state index contributed by atoms with van der Waals surface area (Å²) in [7, 11) is 0. The lowest BCUT2D eigenvalue weighted by Crippen LogP contribution is -2.27. The highest BCUT2D eigenvalue weighted by molar-refractivity contribution is 9.11. The summed E-state index contributed by atoms with van der Waals surface area (Å²) >= 11 is 7.26. The molecule has 1 fully saturated rings. The second kappa shape index (κ2) is 11.5. The van der Waals surface area contributed by atoms with Gasteiger partial charge >= 0.3 is 5.97 Å². The zero-order valence-corrected chi connectivity index (χ0v) is 24.4. The van der Waals surface area contributed by atoms with Crippen molar-refractivity contribution in [3.05, 3.63) is 90.9 Å². The molecule has 0 spiro atoms. The van der Waals surface area contributed by atoms with Crippen LogP contribution < -0.4 is 4.74 Å². The van der Waals surface area contributed by atoms with Gasteiger partial charge in [-0.25, -0.2) is 0 Å². The largest absolute Gasteiger partial charge is 0.481 e. The molecule has 4 rings (SSSR count). The van der Waals surface area contributed by atoms with Crippen LogP contribution in [-0.4, -0.2) is 29.1 Å². The molecular weight excluding hydrogens is 582 g/mol. The van der Waals surface area contributed by atoms with Crippen LogP contribution in [0.25, 0.3) is 0 Å². The summed E-state index contributed by atoms with van der Waals surface area (Å²) in [5.41, 5.74) is 6.89. The Bertz CT molecular complexity index is 1240. The lowest BCUT2D eigenvalue weighted by Gasteiger charge is -2.31. The monoisotopic (exact) mass is 613 g/mol. The van der Waals surface area contributed by atoms with E-state index in [4.69, 9.17) is 4.74 Å². The van der Waals surface area contributed by atoms with Crippen LogP contribution in [0.1, 0.15) is 72.0 Å². The Morgan fingerprint density at radius 1 is 1.00 bits per heavy atom. The van der Waals surface area contributed by atoms with E-state index in [-0.39, 0.29) is 12.5 Å². The fourth-order valence-electron chi connectivity index (χ4n) is 5.17. The molecule has 0 aliphatic carbocycles. The summed E-state index contributed by atoms with van der Waals surface area (Å²) in [5.74, 6) is 0.968. The average Bonchev–Trinajstić information content (AvgIpc) is 3.31. The predicted molar refractivity (Wildman–Crippen MR) is 152 cm³/mol. The quantitative estimate of drug-likeness (QED) is 0.276. The molecule has 0 bridgehead atoms. The second-order valence-corrected chi connectivity index (χ2v) is 11.7. The molecule has 1 atom stereocenters. The molecule has 190 valence electrons. The zero-order valence-electron chi connectivity index (χ0n) is 21.3. The summed E-state index contributed by atoms with van der Waals surface area (Å²) in [6, 6.07) is 17.0. The van der Waals surface area contributed by atoms with E-state index in [9.17, 15) is 9.90 Å². The van der Waals surface area contributed by atoms with Crippen molar-refractivity contribution in [1.29, 1.82) is 0 Å². The summed E-state index contributed by atoms with van der Waals surface area (Å²) < 4.78 is 8.14. The minimum absolute atomic E-state index is 0.0465. The van der Waals surface area contributed by atoms with E-state index < -0.39 is 5.97 Å². The maximum absolute atomic E-state index is 11.2. The molecule has 0 aromatic heterocycles. The van der Waals surface area contributed by atoms with Crippen LogP contribution in [0.15, 0.2) is 57.5 Å². The van der Waals surface area contributed by atoms with E-state index in [1.54, 1.807) is 0 Å². The van der Waals surface area contributed by atoms with E-state index in [1.165, 1.54) is 35.1 Å². The number of hydrogen-bond acceptors (Lipinski definition) is 3. The van der Waals surface area contributed by atoms with Crippen molar-refractivity contribution in [2.24, 2.45) is 0 Å². The molecule has 1 heterocycles. The van der Waals surface area contributed by atoms with Gasteiger partial charge in [0.1, 0.15) is 5.75 Å². The number of ether oxygens (including phenoxy) is 1. The molecule has 3 aromatic carbocycles. The molecule has 1 N–H and O–H groups in total. The Morgan fingerprint density at radius 3 is 2.25 bits per heavy atom. The molecule has 0 amide bonds. The SMILES string of the molecule is Cc1cccc(C(c2cc(C)c(C(C)C)cc2Oc2c(Br)cc(CC(=O)O)cc2Br)N2CCCC2)c1. The van der Waals surface area contributed by atoms with E-state index >= 15 is 0 Å². The number of carbonyl (C=O) groups is 1. The van der Waals surface area contributed by atoms with Crippen molar-refractivity contribution in [2.75, 3.05) is 13.1 Å². The Balaban J connectivity index is 1.87. The molecule has 0 radical (unpaired) electrons.